The van der Waals surface area contributed by atoms with Gasteiger partial charge in [-0.25, -0.2) is 19.4 Å². The van der Waals surface area contributed by atoms with Crippen LogP contribution < -0.4 is 5.32 Å². The topological polar surface area (TPSA) is 99.8 Å². The molecule has 0 saturated carbocycles. The van der Waals surface area contributed by atoms with E-state index >= 15 is 0 Å². The molecule has 1 N–H and O–H groups in total. The Labute approximate surface area is 196 Å². The number of aromatic nitrogens is 6. The largest absolute Gasteiger partial charge is 0.462 e. The molecule has 9 nitrogen and oxygen atoms in total. The van der Waals surface area contributed by atoms with Crippen LogP contribution in [0, 0.1) is 20.8 Å². The summed E-state index contributed by atoms with van der Waals surface area (Å²) in [5.74, 6) is 1.35. The normalized spacial score (nSPS) is 11.0. The first-order valence-corrected chi connectivity index (χ1v) is 10.8. The standard InChI is InChI=1S/C23H24ClN7O2/c1-6-33-23(32)20-14(3)28-31(15(20)4)19-11-18(25-12-26-19)27-22-13(2)21(30(5)29-22)16-7-9-17(24)10-8-16/h7-12H,6H2,1-5H3,(H,25,26,27,29). The third kappa shape index (κ3) is 4.31. The van der Waals surface area contributed by atoms with Crippen molar-refractivity contribution in [2.75, 3.05) is 11.9 Å². The molecule has 4 aromatic rings. The second-order valence-electron chi connectivity index (χ2n) is 7.52. The van der Waals surface area contributed by atoms with Gasteiger partial charge in [-0.15, -0.1) is 0 Å². The first-order chi connectivity index (χ1) is 15.8. The van der Waals surface area contributed by atoms with Crippen LogP contribution in [-0.2, 0) is 11.8 Å². The second-order valence-corrected chi connectivity index (χ2v) is 7.95. The average Bonchev–Trinajstić information content (AvgIpc) is 3.23. The Morgan fingerprint density at radius 2 is 1.85 bits per heavy atom. The van der Waals surface area contributed by atoms with Crippen molar-refractivity contribution in [3.8, 4) is 17.1 Å². The van der Waals surface area contributed by atoms with Crippen molar-refractivity contribution in [1.29, 1.82) is 0 Å². The summed E-state index contributed by atoms with van der Waals surface area (Å²) < 4.78 is 8.58. The van der Waals surface area contributed by atoms with E-state index in [4.69, 9.17) is 16.3 Å². The summed E-state index contributed by atoms with van der Waals surface area (Å²) >= 11 is 6.03. The number of rotatable bonds is 6. The van der Waals surface area contributed by atoms with E-state index in [0.717, 1.165) is 16.8 Å². The molecule has 3 heterocycles. The fraction of sp³-hybridized carbons (Fsp3) is 0.261. The summed E-state index contributed by atoms with van der Waals surface area (Å²) in [6.45, 7) is 7.64. The maximum atomic E-state index is 12.3. The maximum absolute atomic E-state index is 12.3. The summed E-state index contributed by atoms with van der Waals surface area (Å²) in [5.41, 5.74) is 4.62. The highest BCUT2D eigenvalue weighted by atomic mass is 35.5. The summed E-state index contributed by atoms with van der Waals surface area (Å²) in [6.07, 6.45) is 1.44. The molecule has 0 spiro atoms. The number of anilines is 2. The summed E-state index contributed by atoms with van der Waals surface area (Å²) in [7, 11) is 1.89. The number of carbonyl (C=O) groups excluding carboxylic acids is 1. The smallest absolute Gasteiger partial charge is 0.341 e. The molecule has 0 aliphatic rings. The molecule has 0 saturated heterocycles. The minimum absolute atomic E-state index is 0.298. The van der Waals surface area contributed by atoms with Gasteiger partial charge in [-0.05, 0) is 39.8 Å². The fourth-order valence-electron chi connectivity index (χ4n) is 3.78. The van der Waals surface area contributed by atoms with Gasteiger partial charge in [0.15, 0.2) is 11.6 Å². The van der Waals surface area contributed by atoms with Crippen LogP contribution in [0.2, 0.25) is 5.02 Å². The quantitative estimate of drug-likeness (QED) is 0.416. The van der Waals surface area contributed by atoms with E-state index in [9.17, 15) is 4.79 Å². The molecule has 0 aliphatic carbocycles. The van der Waals surface area contributed by atoms with Gasteiger partial charge in [0.1, 0.15) is 17.7 Å². The summed E-state index contributed by atoms with van der Waals surface area (Å²) in [5, 5.41) is 13.0. The van der Waals surface area contributed by atoms with Gasteiger partial charge in [0.05, 0.1) is 23.7 Å². The average molecular weight is 466 g/mol. The maximum Gasteiger partial charge on any atom is 0.341 e. The van der Waals surface area contributed by atoms with Crippen LogP contribution in [0.15, 0.2) is 36.7 Å². The SMILES string of the molecule is CCOC(=O)c1c(C)nn(-c2cc(Nc3nn(C)c(-c4ccc(Cl)cc4)c3C)ncn2)c1C. The highest BCUT2D eigenvalue weighted by molar-refractivity contribution is 6.30. The lowest BCUT2D eigenvalue weighted by Crippen LogP contribution is -2.08. The molecule has 0 aliphatic heterocycles. The monoisotopic (exact) mass is 465 g/mol. The minimum atomic E-state index is -0.398. The number of nitrogens with one attached hydrogen (secondary N) is 1. The van der Waals surface area contributed by atoms with Crippen LogP contribution in [0.25, 0.3) is 17.1 Å². The zero-order valence-corrected chi connectivity index (χ0v) is 19.8. The lowest BCUT2D eigenvalue weighted by molar-refractivity contribution is 0.0524. The molecule has 33 heavy (non-hydrogen) atoms. The molecule has 0 unspecified atom stereocenters. The third-order valence-corrected chi connectivity index (χ3v) is 5.54. The molecule has 0 fully saturated rings. The second kappa shape index (κ2) is 9.03. The lowest BCUT2D eigenvalue weighted by Gasteiger charge is -2.08. The number of hydrogen-bond acceptors (Lipinski definition) is 7. The predicted octanol–water partition coefficient (Wildman–Crippen LogP) is 4.56. The number of hydrogen-bond donors (Lipinski definition) is 1. The van der Waals surface area contributed by atoms with Gasteiger partial charge in [-0.1, -0.05) is 23.7 Å². The Morgan fingerprint density at radius 3 is 2.55 bits per heavy atom. The van der Waals surface area contributed by atoms with Gasteiger partial charge >= 0.3 is 5.97 Å². The zero-order chi connectivity index (χ0) is 23.7. The Kier molecular flexibility index (Phi) is 6.15. The first kappa shape index (κ1) is 22.5. The van der Waals surface area contributed by atoms with Gasteiger partial charge in [0.2, 0.25) is 0 Å². The number of nitrogens with zero attached hydrogens (tertiary/aromatic N) is 6. The molecule has 4 rings (SSSR count). The number of benzene rings is 1. The number of aryl methyl sites for hydroxylation is 2. The van der Waals surface area contributed by atoms with Crippen molar-refractivity contribution >= 4 is 29.2 Å². The van der Waals surface area contributed by atoms with Gasteiger partial charge in [0.25, 0.3) is 0 Å². The van der Waals surface area contributed by atoms with Crippen molar-refractivity contribution in [1.82, 2.24) is 29.5 Å². The van der Waals surface area contributed by atoms with Crippen LogP contribution in [0.3, 0.4) is 0 Å². The summed E-state index contributed by atoms with van der Waals surface area (Å²) in [4.78, 5) is 21.0. The van der Waals surface area contributed by atoms with E-state index in [1.54, 1.807) is 24.6 Å². The predicted molar refractivity (Wildman–Crippen MR) is 126 cm³/mol. The fourth-order valence-corrected chi connectivity index (χ4v) is 3.90. The molecule has 0 radical (unpaired) electrons. The van der Waals surface area contributed by atoms with Crippen LogP contribution >= 0.6 is 11.6 Å². The Morgan fingerprint density at radius 1 is 1.12 bits per heavy atom. The van der Waals surface area contributed by atoms with Crippen LogP contribution in [-0.4, -0.2) is 42.1 Å². The third-order valence-electron chi connectivity index (χ3n) is 5.29. The molecular formula is C23H24ClN7O2. The van der Waals surface area contributed by atoms with E-state index in [-0.39, 0.29) is 0 Å². The van der Waals surface area contributed by atoms with Crippen LogP contribution in [0.5, 0.6) is 0 Å². The van der Waals surface area contributed by atoms with Crippen LogP contribution in [0.4, 0.5) is 11.6 Å². The molecule has 0 amide bonds. The van der Waals surface area contributed by atoms with E-state index in [2.05, 4.69) is 25.5 Å². The Hall–Kier alpha value is -3.72. The summed E-state index contributed by atoms with van der Waals surface area (Å²) in [6, 6.07) is 9.38. The molecule has 1 aromatic carbocycles. The highest BCUT2D eigenvalue weighted by Crippen LogP contribution is 2.30. The van der Waals surface area contributed by atoms with Crippen molar-refractivity contribution in [2.24, 2.45) is 7.05 Å². The molecule has 170 valence electrons. The van der Waals surface area contributed by atoms with E-state index in [0.29, 0.717) is 46.0 Å². The molecular weight excluding hydrogens is 442 g/mol. The number of ether oxygens (including phenoxy) is 1. The number of carbonyl (C=O) groups is 1. The molecule has 0 atom stereocenters. The molecule has 3 aromatic heterocycles. The Bertz CT molecular complexity index is 1330. The van der Waals surface area contributed by atoms with Crippen molar-refractivity contribution in [2.45, 2.75) is 27.7 Å². The van der Waals surface area contributed by atoms with Gasteiger partial charge in [0, 0.05) is 29.3 Å². The van der Waals surface area contributed by atoms with E-state index in [1.165, 1.54) is 6.33 Å². The Balaban J connectivity index is 1.66. The van der Waals surface area contributed by atoms with E-state index in [1.807, 2.05) is 49.8 Å². The number of halogens is 1. The minimum Gasteiger partial charge on any atom is -0.462 e. The van der Waals surface area contributed by atoms with Gasteiger partial charge < -0.3 is 10.1 Å². The van der Waals surface area contributed by atoms with Gasteiger partial charge in [-0.2, -0.15) is 10.2 Å². The highest BCUT2D eigenvalue weighted by Gasteiger charge is 2.21. The first-order valence-electron chi connectivity index (χ1n) is 10.4. The van der Waals surface area contributed by atoms with Gasteiger partial charge in [-0.3, -0.25) is 4.68 Å². The van der Waals surface area contributed by atoms with Crippen molar-refractivity contribution in [3.63, 3.8) is 0 Å². The van der Waals surface area contributed by atoms with Crippen molar-refractivity contribution in [3.05, 3.63) is 64.2 Å². The van der Waals surface area contributed by atoms with Crippen LogP contribution in [0.1, 0.15) is 34.2 Å². The number of esters is 1. The van der Waals surface area contributed by atoms with E-state index < -0.39 is 5.97 Å². The lowest BCUT2D eigenvalue weighted by atomic mass is 10.1. The van der Waals surface area contributed by atoms with Crippen molar-refractivity contribution < 1.29 is 9.53 Å². The molecule has 10 heteroatoms. The zero-order valence-electron chi connectivity index (χ0n) is 19.0. The molecule has 0 bridgehead atoms.